The van der Waals surface area contributed by atoms with Crippen LogP contribution in [0.5, 0.6) is 0 Å². The van der Waals surface area contributed by atoms with Gasteiger partial charge < -0.3 is 20.4 Å². The van der Waals surface area contributed by atoms with E-state index >= 15 is 0 Å². The van der Waals surface area contributed by atoms with E-state index in [2.05, 4.69) is 27.4 Å². The predicted octanol–water partition coefficient (Wildman–Crippen LogP) is 3.00. The Morgan fingerprint density at radius 3 is 2.00 bits per heavy atom. The van der Waals surface area contributed by atoms with Crippen molar-refractivity contribution in [3.8, 4) is 0 Å². The molecule has 1 fully saturated rings. The minimum atomic E-state index is -0.340. The molecule has 0 saturated carbocycles. The summed E-state index contributed by atoms with van der Waals surface area (Å²) in [5, 5.41) is 5.91. The molecular weight excluding hydrogens is 430 g/mol. The van der Waals surface area contributed by atoms with E-state index in [1.807, 2.05) is 24.3 Å². The van der Waals surface area contributed by atoms with Gasteiger partial charge in [0.25, 0.3) is 11.8 Å². The Morgan fingerprint density at radius 1 is 0.824 bits per heavy atom. The Morgan fingerprint density at radius 2 is 1.44 bits per heavy atom. The number of nitrogens with zero attached hydrogens (tertiary/aromatic N) is 3. The molecule has 2 aliphatic rings. The highest BCUT2D eigenvalue weighted by Crippen LogP contribution is 2.31. The van der Waals surface area contributed by atoms with E-state index in [1.54, 1.807) is 31.2 Å². The number of carbonyl (C=O) groups excluding carboxylic acids is 3. The molecule has 2 aliphatic heterocycles. The number of hydrogen-bond donors (Lipinski definition) is 2. The minimum absolute atomic E-state index is 0.172. The van der Waals surface area contributed by atoms with E-state index in [-0.39, 0.29) is 23.4 Å². The van der Waals surface area contributed by atoms with E-state index in [9.17, 15) is 14.4 Å². The molecule has 3 amide bonds. The summed E-state index contributed by atoms with van der Waals surface area (Å²) in [5.41, 5.74) is 3.75. The third-order valence-corrected chi connectivity index (χ3v) is 6.30. The Labute approximate surface area is 200 Å². The van der Waals surface area contributed by atoms with Gasteiger partial charge in [0, 0.05) is 56.7 Å². The topological polar surface area (TPSA) is 85.0 Å². The summed E-state index contributed by atoms with van der Waals surface area (Å²) < 4.78 is 0. The highest BCUT2D eigenvalue weighted by molar-refractivity contribution is 6.36. The number of benzene rings is 2. The number of imide groups is 1. The Bertz CT molecular complexity index is 1100. The lowest BCUT2D eigenvalue weighted by molar-refractivity contribution is -0.136. The van der Waals surface area contributed by atoms with Crippen LogP contribution in [0.4, 0.5) is 17.1 Å². The summed E-state index contributed by atoms with van der Waals surface area (Å²) in [7, 11) is 0. The average molecular weight is 462 g/mol. The van der Waals surface area contributed by atoms with Crippen molar-refractivity contribution < 1.29 is 14.4 Å². The zero-order valence-electron chi connectivity index (χ0n) is 19.9. The molecule has 2 heterocycles. The summed E-state index contributed by atoms with van der Waals surface area (Å²) in [4.78, 5) is 43.4. The molecule has 0 spiro atoms. The second-order valence-electron chi connectivity index (χ2n) is 8.46. The fourth-order valence-corrected chi connectivity index (χ4v) is 4.39. The van der Waals surface area contributed by atoms with Crippen molar-refractivity contribution in [2.75, 3.05) is 54.8 Å². The Balaban J connectivity index is 1.57. The van der Waals surface area contributed by atoms with Gasteiger partial charge in [0.1, 0.15) is 5.70 Å². The second kappa shape index (κ2) is 10.1. The number of anilines is 3. The van der Waals surface area contributed by atoms with Crippen LogP contribution in [0, 0.1) is 0 Å². The van der Waals surface area contributed by atoms with Crippen molar-refractivity contribution in [3.63, 3.8) is 0 Å². The van der Waals surface area contributed by atoms with Crippen molar-refractivity contribution in [3.05, 3.63) is 59.8 Å². The van der Waals surface area contributed by atoms with Crippen molar-refractivity contribution >= 4 is 40.4 Å². The fraction of sp³-hybridized carbons (Fsp3) is 0.346. The van der Waals surface area contributed by atoms with Crippen LogP contribution in [0.25, 0.3) is 5.57 Å². The monoisotopic (exact) mass is 461 g/mol. The molecule has 8 nitrogen and oxygen atoms in total. The molecule has 2 aromatic rings. The minimum Gasteiger partial charge on any atom is -0.369 e. The molecule has 2 N–H and O–H groups in total. The van der Waals surface area contributed by atoms with Crippen LogP contribution < -0.4 is 15.5 Å². The third kappa shape index (κ3) is 4.82. The van der Waals surface area contributed by atoms with Crippen molar-refractivity contribution in [2.45, 2.75) is 20.8 Å². The molecule has 0 aromatic heterocycles. The van der Waals surface area contributed by atoms with Crippen molar-refractivity contribution in [1.29, 1.82) is 0 Å². The lowest BCUT2D eigenvalue weighted by atomic mass is 10.0. The van der Waals surface area contributed by atoms with Gasteiger partial charge in [0.15, 0.2) is 0 Å². The maximum Gasteiger partial charge on any atom is 0.278 e. The van der Waals surface area contributed by atoms with Gasteiger partial charge >= 0.3 is 0 Å². The first kappa shape index (κ1) is 23.5. The molecule has 0 aliphatic carbocycles. The first-order chi connectivity index (χ1) is 16.4. The van der Waals surface area contributed by atoms with E-state index in [0.29, 0.717) is 23.4 Å². The number of likely N-dealkylation sites (N-methyl/N-ethyl adjacent to an activating group) is 2. The van der Waals surface area contributed by atoms with Gasteiger partial charge in [-0.25, -0.2) is 0 Å². The lowest BCUT2D eigenvalue weighted by Crippen LogP contribution is -2.46. The van der Waals surface area contributed by atoms with Crippen LogP contribution in [0.3, 0.4) is 0 Å². The zero-order valence-corrected chi connectivity index (χ0v) is 19.9. The standard InChI is InChI=1S/C26H31N5O3/c1-4-29-14-16-30(17-15-29)22-12-10-21(11-13-22)28-24-23(25(33)31(5-2)26(24)34)19-6-8-20(9-7-19)27-18(3)32/h6-13,28H,4-5,14-17H2,1-3H3,(H,27,32). The van der Waals surface area contributed by atoms with Gasteiger partial charge in [0.2, 0.25) is 5.91 Å². The smallest absolute Gasteiger partial charge is 0.278 e. The van der Waals surface area contributed by atoms with E-state index in [4.69, 9.17) is 0 Å². The average Bonchev–Trinajstić information content (AvgIpc) is 3.08. The molecule has 0 unspecified atom stereocenters. The number of amides is 3. The first-order valence-electron chi connectivity index (χ1n) is 11.7. The molecule has 0 radical (unpaired) electrons. The highest BCUT2D eigenvalue weighted by atomic mass is 16.2. The second-order valence-corrected chi connectivity index (χ2v) is 8.46. The van der Waals surface area contributed by atoms with Gasteiger partial charge in [-0.3, -0.25) is 19.3 Å². The van der Waals surface area contributed by atoms with E-state index in [0.717, 1.165) is 44.1 Å². The third-order valence-electron chi connectivity index (χ3n) is 6.30. The summed E-state index contributed by atoms with van der Waals surface area (Å²) in [5.74, 6) is -0.838. The van der Waals surface area contributed by atoms with Crippen LogP contribution in [-0.2, 0) is 14.4 Å². The summed E-state index contributed by atoms with van der Waals surface area (Å²) >= 11 is 0. The van der Waals surface area contributed by atoms with Gasteiger partial charge in [-0.2, -0.15) is 0 Å². The van der Waals surface area contributed by atoms with Crippen molar-refractivity contribution in [1.82, 2.24) is 9.80 Å². The van der Waals surface area contributed by atoms with Crippen LogP contribution in [0.15, 0.2) is 54.2 Å². The van der Waals surface area contributed by atoms with E-state index in [1.165, 1.54) is 11.8 Å². The maximum absolute atomic E-state index is 13.0. The molecule has 1 saturated heterocycles. The number of piperazine rings is 1. The van der Waals surface area contributed by atoms with Gasteiger partial charge in [-0.15, -0.1) is 0 Å². The van der Waals surface area contributed by atoms with E-state index < -0.39 is 0 Å². The molecule has 0 atom stereocenters. The first-order valence-corrected chi connectivity index (χ1v) is 11.7. The highest BCUT2D eigenvalue weighted by Gasteiger charge is 2.38. The molecule has 2 aromatic carbocycles. The summed E-state index contributed by atoms with van der Waals surface area (Å²) in [6.07, 6.45) is 0. The Kier molecular flexibility index (Phi) is 6.98. The molecule has 8 heteroatoms. The Hall–Kier alpha value is -3.65. The van der Waals surface area contributed by atoms with Gasteiger partial charge in [-0.05, 0) is 55.4 Å². The largest absolute Gasteiger partial charge is 0.369 e. The quantitative estimate of drug-likeness (QED) is 0.617. The normalized spacial score (nSPS) is 16.9. The summed E-state index contributed by atoms with van der Waals surface area (Å²) in [6, 6.07) is 14.9. The number of nitrogens with one attached hydrogen (secondary N) is 2. The SMILES string of the molecule is CCN1CCN(c2ccc(NC3=C(c4ccc(NC(C)=O)cc4)C(=O)N(CC)C3=O)cc2)CC1. The predicted molar refractivity (Wildman–Crippen MR) is 134 cm³/mol. The number of carbonyl (C=O) groups is 3. The maximum atomic E-state index is 13.0. The fourth-order valence-electron chi connectivity index (χ4n) is 4.39. The van der Waals surface area contributed by atoms with Gasteiger partial charge in [0.05, 0.1) is 5.57 Å². The zero-order chi connectivity index (χ0) is 24.2. The lowest BCUT2D eigenvalue weighted by Gasteiger charge is -2.35. The van der Waals surface area contributed by atoms with Crippen molar-refractivity contribution in [2.24, 2.45) is 0 Å². The van der Waals surface area contributed by atoms with Crippen LogP contribution in [0.2, 0.25) is 0 Å². The number of hydrogen-bond acceptors (Lipinski definition) is 6. The molecule has 178 valence electrons. The molecule has 34 heavy (non-hydrogen) atoms. The molecule has 4 rings (SSSR count). The van der Waals surface area contributed by atoms with Crippen LogP contribution in [-0.4, -0.2) is 66.8 Å². The molecule has 0 bridgehead atoms. The van der Waals surface area contributed by atoms with Crippen LogP contribution in [0.1, 0.15) is 26.3 Å². The number of rotatable bonds is 7. The molecular formula is C26H31N5O3. The summed E-state index contributed by atoms with van der Waals surface area (Å²) in [6.45, 7) is 10.9. The van der Waals surface area contributed by atoms with Crippen LogP contribution >= 0.6 is 0 Å². The van der Waals surface area contributed by atoms with Gasteiger partial charge in [-0.1, -0.05) is 19.1 Å².